The lowest BCUT2D eigenvalue weighted by Crippen LogP contribution is -2.37. The van der Waals surface area contributed by atoms with Crippen LogP contribution >= 0.6 is 15.9 Å². The fraction of sp³-hybridized carbons (Fsp3) is 0.200. The lowest BCUT2D eigenvalue weighted by molar-refractivity contribution is -0.126. The summed E-state index contributed by atoms with van der Waals surface area (Å²) in [6, 6.07) is 22.1. The first-order valence-electron chi connectivity index (χ1n) is 10.3. The molecule has 0 unspecified atom stereocenters. The summed E-state index contributed by atoms with van der Waals surface area (Å²) in [5.74, 6) is -0.594. The quantitative estimate of drug-likeness (QED) is 0.488. The molecule has 0 spiro atoms. The van der Waals surface area contributed by atoms with Gasteiger partial charge in [0.05, 0.1) is 29.0 Å². The number of carbonyl (C=O) groups is 2. The number of hydroxylamine groups is 1. The van der Waals surface area contributed by atoms with E-state index in [4.69, 9.17) is 9.57 Å². The predicted molar refractivity (Wildman–Crippen MR) is 124 cm³/mol. The molecule has 0 radical (unpaired) electrons. The molecule has 162 valence electrons. The highest BCUT2D eigenvalue weighted by molar-refractivity contribution is 9.10. The summed E-state index contributed by atoms with van der Waals surface area (Å²) in [4.78, 5) is 34.5. The fourth-order valence-corrected chi connectivity index (χ4v) is 5.03. The summed E-state index contributed by atoms with van der Waals surface area (Å²) in [5.41, 5.74) is 3.09. The Kier molecular flexibility index (Phi) is 5.23. The van der Waals surface area contributed by atoms with Gasteiger partial charge in [-0.25, -0.2) is 9.96 Å². The van der Waals surface area contributed by atoms with E-state index in [0.717, 1.165) is 21.3 Å². The molecule has 3 atom stereocenters. The van der Waals surface area contributed by atoms with Crippen LogP contribution in [0.5, 0.6) is 5.75 Å². The van der Waals surface area contributed by atoms with Gasteiger partial charge in [0.15, 0.2) is 6.10 Å². The van der Waals surface area contributed by atoms with E-state index in [9.17, 15) is 9.59 Å². The van der Waals surface area contributed by atoms with Crippen LogP contribution in [0.15, 0.2) is 77.3 Å². The third-order valence-electron chi connectivity index (χ3n) is 6.00. The number of anilines is 2. The smallest absolute Gasteiger partial charge is 0.266 e. The zero-order valence-electron chi connectivity index (χ0n) is 17.6. The Balaban J connectivity index is 1.61. The van der Waals surface area contributed by atoms with Crippen molar-refractivity contribution in [2.45, 2.75) is 19.1 Å². The van der Waals surface area contributed by atoms with Crippen molar-refractivity contribution < 1.29 is 19.2 Å². The van der Waals surface area contributed by atoms with Crippen LogP contribution in [0.25, 0.3) is 0 Å². The maximum atomic E-state index is 13.7. The molecule has 0 aliphatic carbocycles. The normalized spacial score (nSPS) is 22.4. The number of imide groups is 1. The van der Waals surface area contributed by atoms with E-state index in [2.05, 4.69) is 15.9 Å². The molecule has 2 saturated heterocycles. The molecule has 2 aliphatic heterocycles. The zero-order chi connectivity index (χ0) is 22.4. The van der Waals surface area contributed by atoms with Gasteiger partial charge in [0.25, 0.3) is 5.91 Å². The van der Waals surface area contributed by atoms with Gasteiger partial charge in [-0.1, -0.05) is 42.5 Å². The van der Waals surface area contributed by atoms with Gasteiger partial charge in [-0.05, 0) is 64.3 Å². The Morgan fingerprint density at radius 2 is 1.66 bits per heavy atom. The first-order valence-corrected chi connectivity index (χ1v) is 11.1. The Labute approximate surface area is 194 Å². The van der Waals surface area contributed by atoms with Crippen molar-refractivity contribution in [2.75, 3.05) is 17.1 Å². The van der Waals surface area contributed by atoms with Gasteiger partial charge in [0, 0.05) is 0 Å². The van der Waals surface area contributed by atoms with Gasteiger partial charge in [-0.3, -0.25) is 14.4 Å². The van der Waals surface area contributed by atoms with Gasteiger partial charge >= 0.3 is 0 Å². The van der Waals surface area contributed by atoms with Gasteiger partial charge < -0.3 is 4.74 Å². The summed E-state index contributed by atoms with van der Waals surface area (Å²) in [5, 5.41) is 1.69. The van der Waals surface area contributed by atoms with Crippen molar-refractivity contribution in [3.05, 3.63) is 88.4 Å². The van der Waals surface area contributed by atoms with Crippen LogP contribution in [0, 0.1) is 12.8 Å². The maximum Gasteiger partial charge on any atom is 0.266 e. The van der Waals surface area contributed by atoms with E-state index in [1.54, 1.807) is 18.2 Å². The number of ether oxygens (including phenoxy) is 1. The summed E-state index contributed by atoms with van der Waals surface area (Å²) in [7, 11) is 1.60. The maximum absolute atomic E-state index is 13.7. The average Bonchev–Trinajstić information content (AvgIpc) is 3.31. The minimum Gasteiger partial charge on any atom is -0.496 e. The molecule has 2 amide bonds. The number of hydrogen-bond donors (Lipinski definition) is 0. The van der Waals surface area contributed by atoms with Crippen molar-refractivity contribution in [3.8, 4) is 5.75 Å². The Bertz CT molecular complexity index is 1200. The number of rotatable bonds is 4. The molecule has 3 aromatic carbocycles. The van der Waals surface area contributed by atoms with E-state index < -0.39 is 18.1 Å². The van der Waals surface area contributed by atoms with E-state index in [0.29, 0.717) is 11.4 Å². The largest absolute Gasteiger partial charge is 0.496 e. The molecule has 2 heterocycles. The number of halogens is 1. The van der Waals surface area contributed by atoms with E-state index in [1.165, 1.54) is 4.90 Å². The lowest BCUT2D eigenvalue weighted by atomic mass is 9.90. The molecule has 5 rings (SSSR count). The number of para-hydroxylation sites is 2. The highest BCUT2D eigenvalue weighted by atomic mass is 79.9. The summed E-state index contributed by atoms with van der Waals surface area (Å²) in [6.45, 7) is 1.89. The third kappa shape index (κ3) is 3.20. The van der Waals surface area contributed by atoms with E-state index in [1.807, 2.05) is 73.7 Å². The summed E-state index contributed by atoms with van der Waals surface area (Å²) < 4.78 is 6.13. The number of nitrogens with zero attached hydrogens (tertiary/aromatic N) is 2. The highest BCUT2D eigenvalue weighted by Crippen LogP contribution is 2.48. The monoisotopic (exact) mass is 492 g/mol. The first-order chi connectivity index (χ1) is 15.5. The molecule has 3 aromatic rings. The number of amides is 2. The standard InChI is InChI=1S/C25H21BrN2O4/c1-15-8-6-7-11-19(15)27-24(29)21-22(16-12-13-20(31-2)18(26)14-16)28(32-23(21)25(27)30)17-9-4-3-5-10-17/h3-14,21-23H,1-2H3/t21-,22+,23-/m0/s1. The van der Waals surface area contributed by atoms with Gasteiger partial charge in [0.2, 0.25) is 5.91 Å². The molecule has 2 aliphatic rings. The van der Waals surface area contributed by atoms with Gasteiger partial charge in [0.1, 0.15) is 11.7 Å². The van der Waals surface area contributed by atoms with Crippen LogP contribution in [0.3, 0.4) is 0 Å². The topological polar surface area (TPSA) is 59.1 Å². The summed E-state index contributed by atoms with van der Waals surface area (Å²) >= 11 is 3.54. The van der Waals surface area contributed by atoms with Gasteiger partial charge in [-0.15, -0.1) is 0 Å². The summed E-state index contributed by atoms with van der Waals surface area (Å²) in [6.07, 6.45) is -0.895. The molecule has 0 saturated carbocycles. The average molecular weight is 493 g/mol. The molecule has 32 heavy (non-hydrogen) atoms. The minimum absolute atomic E-state index is 0.260. The molecule has 7 heteroatoms. The number of hydrogen-bond acceptors (Lipinski definition) is 5. The van der Waals surface area contributed by atoms with Crippen molar-refractivity contribution in [1.29, 1.82) is 0 Å². The fourth-order valence-electron chi connectivity index (χ4n) is 4.47. The Morgan fingerprint density at radius 1 is 0.938 bits per heavy atom. The number of carbonyl (C=O) groups excluding carboxylic acids is 2. The second-order valence-corrected chi connectivity index (χ2v) is 8.70. The predicted octanol–water partition coefficient (Wildman–Crippen LogP) is 4.82. The van der Waals surface area contributed by atoms with Crippen molar-refractivity contribution >= 4 is 39.1 Å². The number of aryl methyl sites for hydroxylation is 1. The third-order valence-corrected chi connectivity index (χ3v) is 6.62. The molecule has 6 nitrogen and oxygen atoms in total. The second kappa shape index (κ2) is 8.07. The Hall–Kier alpha value is -3.16. The lowest BCUT2D eigenvalue weighted by Gasteiger charge is -2.29. The van der Waals surface area contributed by atoms with Crippen molar-refractivity contribution in [1.82, 2.24) is 0 Å². The molecular weight excluding hydrogens is 472 g/mol. The zero-order valence-corrected chi connectivity index (χ0v) is 19.2. The highest BCUT2D eigenvalue weighted by Gasteiger charge is 2.60. The molecule has 0 aromatic heterocycles. The number of benzene rings is 3. The van der Waals surface area contributed by atoms with E-state index in [-0.39, 0.29) is 11.8 Å². The number of fused-ring (bicyclic) bond motifs is 1. The van der Waals surface area contributed by atoms with Crippen LogP contribution in [0.4, 0.5) is 11.4 Å². The van der Waals surface area contributed by atoms with Gasteiger partial charge in [-0.2, -0.15) is 0 Å². The van der Waals surface area contributed by atoms with Crippen LogP contribution in [0.2, 0.25) is 0 Å². The van der Waals surface area contributed by atoms with Crippen LogP contribution in [-0.4, -0.2) is 25.0 Å². The molecule has 0 N–H and O–H groups in total. The van der Waals surface area contributed by atoms with Crippen molar-refractivity contribution in [3.63, 3.8) is 0 Å². The van der Waals surface area contributed by atoms with E-state index >= 15 is 0 Å². The molecular formula is C25H21BrN2O4. The van der Waals surface area contributed by atoms with Crippen molar-refractivity contribution in [2.24, 2.45) is 5.92 Å². The van der Waals surface area contributed by atoms with Crippen LogP contribution < -0.4 is 14.7 Å². The minimum atomic E-state index is -0.895. The first kappa shape index (κ1) is 20.7. The van der Waals surface area contributed by atoms with Crippen LogP contribution in [0.1, 0.15) is 17.2 Å². The second-order valence-electron chi connectivity index (χ2n) is 7.85. The molecule has 2 fully saturated rings. The van der Waals surface area contributed by atoms with Crippen LogP contribution in [-0.2, 0) is 14.4 Å². The number of methoxy groups -OCH3 is 1. The SMILES string of the molecule is COc1ccc([C@@H]2[C@@H]3C(=O)N(c4ccccc4C)C(=O)[C@H]3ON2c2ccccc2)cc1Br. The Morgan fingerprint density at radius 3 is 2.34 bits per heavy atom. The molecule has 0 bridgehead atoms.